The number of aliphatic hydroxyl groups excluding tert-OH is 1. The number of urea groups is 1. The second kappa shape index (κ2) is 6.43. The number of carbonyl (C=O) groups is 1. The van der Waals surface area contributed by atoms with E-state index in [9.17, 15) is 9.90 Å². The summed E-state index contributed by atoms with van der Waals surface area (Å²) in [6, 6.07) is 6.99. The van der Waals surface area contributed by atoms with E-state index in [0.717, 1.165) is 19.3 Å². The van der Waals surface area contributed by atoms with Crippen LogP contribution in [-0.4, -0.2) is 30.9 Å². The smallest absolute Gasteiger partial charge is 0.319 e. The maximum Gasteiger partial charge on any atom is 0.319 e. The zero-order valence-electron chi connectivity index (χ0n) is 11.1. The van der Waals surface area contributed by atoms with Crippen LogP contribution in [0.3, 0.4) is 0 Å². The van der Waals surface area contributed by atoms with E-state index >= 15 is 0 Å². The van der Waals surface area contributed by atoms with Gasteiger partial charge in [0.25, 0.3) is 0 Å². The summed E-state index contributed by atoms with van der Waals surface area (Å²) in [6.45, 7) is 0.604. The average molecular weight is 264 g/mol. The zero-order valence-corrected chi connectivity index (χ0v) is 11.1. The van der Waals surface area contributed by atoms with Crippen molar-refractivity contribution < 1.29 is 14.6 Å². The topological polar surface area (TPSA) is 70.6 Å². The van der Waals surface area contributed by atoms with Crippen molar-refractivity contribution in [3.8, 4) is 5.75 Å². The van der Waals surface area contributed by atoms with Crippen molar-refractivity contribution in [3.63, 3.8) is 0 Å². The number of hydrogen-bond acceptors (Lipinski definition) is 3. The first-order chi connectivity index (χ1) is 9.17. The summed E-state index contributed by atoms with van der Waals surface area (Å²) in [7, 11) is 1.59. The van der Waals surface area contributed by atoms with Gasteiger partial charge in [0.05, 0.1) is 13.2 Å². The Morgan fingerprint density at radius 3 is 3.00 bits per heavy atom. The average Bonchev–Trinajstić information content (AvgIpc) is 2.82. The number of benzene rings is 1. The fourth-order valence-corrected chi connectivity index (χ4v) is 2.35. The number of rotatable bonds is 4. The highest BCUT2D eigenvalue weighted by Crippen LogP contribution is 2.24. The fourth-order valence-electron chi connectivity index (χ4n) is 2.35. The summed E-state index contributed by atoms with van der Waals surface area (Å²) in [4.78, 5) is 11.7. The maximum absolute atomic E-state index is 11.7. The van der Waals surface area contributed by atoms with Crippen LogP contribution in [0.1, 0.15) is 19.3 Å². The van der Waals surface area contributed by atoms with Gasteiger partial charge in [0, 0.05) is 18.3 Å². The van der Waals surface area contributed by atoms with Crippen molar-refractivity contribution in [3.05, 3.63) is 24.3 Å². The predicted molar refractivity (Wildman–Crippen MR) is 73.4 cm³/mol. The molecule has 2 unspecified atom stereocenters. The maximum atomic E-state index is 11.7. The number of ether oxygens (including phenoxy) is 1. The molecule has 1 saturated carbocycles. The summed E-state index contributed by atoms with van der Waals surface area (Å²) >= 11 is 0. The van der Waals surface area contributed by atoms with E-state index in [0.29, 0.717) is 23.9 Å². The quantitative estimate of drug-likeness (QED) is 0.778. The lowest BCUT2D eigenvalue weighted by Crippen LogP contribution is -2.32. The molecule has 0 radical (unpaired) electrons. The molecule has 0 aromatic heterocycles. The Hall–Kier alpha value is -1.75. The summed E-state index contributed by atoms with van der Waals surface area (Å²) < 4.78 is 5.09. The molecule has 5 nitrogen and oxygen atoms in total. The van der Waals surface area contributed by atoms with Gasteiger partial charge < -0.3 is 20.5 Å². The third-order valence-electron chi connectivity index (χ3n) is 3.39. The normalized spacial score (nSPS) is 22.0. The van der Waals surface area contributed by atoms with Crippen LogP contribution in [0.5, 0.6) is 5.75 Å². The van der Waals surface area contributed by atoms with E-state index in [2.05, 4.69) is 10.6 Å². The molecule has 1 aliphatic carbocycles. The van der Waals surface area contributed by atoms with Crippen molar-refractivity contribution in [2.24, 2.45) is 5.92 Å². The van der Waals surface area contributed by atoms with Crippen molar-refractivity contribution in [2.45, 2.75) is 25.4 Å². The van der Waals surface area contributed by atoms with Crippen LogP contribution in [0.15, 0.2) is 24.3 Å². The third kappa shape index (κ3) is 4.13. The molecule has 3 N–H and O–H groups in total. The summed E-state index contributed by atoms with van der Waals surface area (Å²) in [6.07, 6.45) is 2.39. The summed E-state index contributed by atoms with van der Waals surface area (Å²) in [5, 5.41) is 15.0. The highest BCUT2D eigenvalue weighted by molar-refractivity contribution is 5.89. The van der Waals surface area contributed by atoms with Crippen LogP contribution >= 0.6 is 0 Å². The van der Waals surface area contributed by atoms with E-state index in [1.54, 1.807) is 19.2 Å². The van der Waals surface area contributed by atoms with Gasteiger partial charge in [-0.25, -0.2) is 4.79 Å². The van der Waals surface area contributed by atoms with Crippen LogP contribution in [-0.2, 0) is 0 Å². The van der Waals surface area contributed by atoms with Gasteiger partial charge in [0.1, 0.15) is 5.75 Å². The van der Waals surface area contributed by atoms with Gasteiger partial charge in [-0.15, -0.1) is 0 Å². The molecule has 1 aliphatic rings. The van der Waals surface area contributed by atoms with Crippen LogP contribution in [0.4, 0.5) is 10.5 Å². The SMILES string of the molecule is COc1cccc(NC(=O)NCC2CCC(O)C2)c1. The molecule has 19 heavy (non-hydrogen) atoms. The Balaban J connectivity index is 1.77. The molecule has 2 rings (SSSR count). The van der Waals surface area contributed by atoms with E-state index < -0.39 is 0 Å². The van der Waals surface area contributed by atoms with Gasteiger partial charge in [-0.1, -0.05) is 6.07 Å². The van der Waals surface area contributed by atoms with Crippen LogP contribution < -0.4 is 15.4 Å². The molecule has 2 atom stereocenters. The molecular weight excluding hydrogens is 244 g/mol. The highest BCUT2D eigenvalue weighted by atomic mass is 16.5. The number of aliphatic hydroxyl groups is 1. The summed E-state index contributed by atoms with van der Waals surface area (Å²) in [5.74, 6) is 1.09. The molecule has 1 aromatic carbocycles. The van der Waals surface area contributed by atoms with Gasteiger partial charge in [-0.3, -0.25) is 0 Å². The summed E-state index contributed by atoms with van der Waals surface area (Å²) in [5.41, 5.74) is 0.698. The van der Waals surface area contributed by atoms with Crippen LogP contribution in [0, 0.1) is 5.92 Å². The molecule has 0 bridgehead atoms. The largest absolute Gasteiger partial charge is 0.497 e. The standard InChI is InChI=1S/C14H20N2O3/c1-19-13-4-2-3-11(8-13)16-14(18)15-9-10-5-6-12(17)7-10/h2-4,8,10,12,17H,5-7,9H2,1H3,(H2,15,16,18). The predicted octanol–water partition coefficient (Wildman–Crippen LogP) is 1.98. The Bertz CT molecular complexity index is 436. The van der Waals surface area contributed by atoms with Crippen molar-refractivity contribution in [2.75, 3.05) is 19.0 Å². The lowest BCUT2D eigenvalue weighted by molar-refractivity contribution is 0.177. The molecule has 1 aromatic rings. The molecule has 0 aliphatic heterocycles. The first-order valence-corrected chi connectivity index (χ1v) is 6.54. The van der Waals surface area contributed by atoms with E-state index in [1.807, 2.05) is 12.1 Å². The third-order valence-corrected chi connectivity index (χ3v) is 3.39. The van der Waals surface area contributed by atoms with Crippen molar-refractivity contribution in [1.29, 1.82) is 0 Å². The van der Waals surface area contributed by atoms with E-state index in [-0.39, 0.29) is 12.1 Å². The molecule has 0 heterocycles. The number of nitrogens with one attached hydrogen (secondary N) is 2. The molecule has 0 saturated heterocycles. The minimum atomic E-state index is -0.227. The molecule has 2 amide bonds. The first kappa shape index (κ1) is 13.7. The molecule has 1 fully saturated rings. The first-order valence-electron chi connectivity index (χ1n) is 6.54. The lowest BCUT2D eigenvalue weighted by Gasteiger charge is -2.12. The van der Waals surface area contributed by atoms with Gasteiger partial charge >= 0.3 is 6.03 Å². The van der Waals surface area contributed by atoms with Gasteiger partial charge in [0.2, 0.25) is 0 Å². The minimum Gasteiger partial charge on any atom is -0.497 e. The van der Waals surface area contributed by atoms with Crippen LogP contribution in [0.2, 0.25) is 0 Å². The minimum absolute atomic E-state index is 0.201. The molecular formula is C14H20N2O3. The van der Waals surface area contributed by atoms with Gasteiger partial charge in [-0.05, 0) is 37.3 Å². The Kier molecular flexibility index (Phi) is 4.63. The van der Waals surface area contributed by atoms with Crippen molar-refractivity contribution >= 4 is 11.7 Å². The lowest BCUT2D eigenvalue weighted by atomic mass is 10.1. The fraction of sp³-hybridized carbons (Fsp3) is 0.500. The van der Waals surface area contributed by atoms with Gasteiger partial charge in [-0.2, -0.15) is 0 Å². The Morgan fingerprint density at radius 2 is 2.32 bits per heavy atom. The molecule has 0 spiro atoms. The van der Waals surface area contributed by atoms with E-state index in [4.69, 9.17) is 4.74 Å². The van der Waals surface area contributed by atoms with E-state index in [1.165, 1.54) is 0 Å². The second-order valence-corrected chi connectivity index (χ2v) is 4.90. The molecule has 5 heteroatoms. The van der Waals surface area contributed by atoms with Crippen LogP contribution in [0.25, 0.3) is 0 Å². The Labute approximate surface area is 113 Å². The van der Waals surface area contributed by atoms with Crippen molar-refractivity contribution in [1.82, 2.24) is 5.32 Å². The second-order valence-electron chi connectivity index (χ2n) is 4.90. The number of anilines is 1. The monoisotopic (exact) mass is 264 g/mol. The van der Waals surface area contributed by atoms with Gasteiger partial charge in [0.15, 0.2) is 0 Å². The zero-order chi connectivity index (χ0) is 13.7. The molecule has 104 valence electrons. The Morgan fingerprint density at radius 1 is 1.47 bits per heavy atom. The number of methoxy groups -OCH3 is 1. The number of hydrogen-bond donors (Lipinski definition) is 3. The number of amides is 2. The highest BCUT2D eigenvalue weighted by Gasteiger charge is 2.22. The number of carbonyl (C=O) groups excluding carboxylic acids is 1.